The lowest BCUT2D eigenvalue weighted by molar-refractivity contribution is -0.385. The van der Waals surface area contributed by atoms with Gasteiger partial charge in [-0.25, -0.2) is 0 Å². The van der Waals surface area contributed by atoms with Crippen molar-refractivity contribution in [2.75, 3.05) is 7.11 Å². The second kappa shape index (κ2) is 4.23. The molecule has 0 unspecified atom stereocenters. The molecule has 0 saturated heterocycles. The van der Waals surface area contributed by atoms with Crippen LogP contribution in [-0.4, -0.2) is 12.0 Å². The van der Waals surface area contributed by atoms with E-state index in [0.29, 0.717) is 0 Å². The molecule has 0 radical (unpaired) electrons. The molecule has 0 atom stereocenters. The number of benzene rings is 1. The summed E-state index contributed by atoms with van der Waals surface area (Å²) in [6, 6.07) is 4.67. The molecule has 1 rings (SSSR count). The van der Waals surface area contributed by atoms with Crippen molar-refractivity contribution >= 4 is 5.69 Å². The molecule has 0 saturated carbocycles. The monoisotopic (exact) mass is 219 g/mol. The molecule has 84 valence electrons. The first-order chi connectivity index (χ1) is 7.42. The number of nitro groups is 1. The van der Waals surface area contributed by atoms with Gasteiger partial charge in [0.2, 0.25) is 0 Å². The first kappa shape index (κ1) is 12.1. The lowest BCUT2D eigenvalue weighted by Crippen LogP contribution is -2.14. The first-order valence-corrected chi connectivity index (χ1v) is 4.73. The molecule has 0 aromatic heterocycles. The minimum atomic E-state index is -0.481. The number of nitrogens with zero attached hydrogens (tertiary/aromatic N) is 1. The highest BCUT2D eigenvalue weighted by atomic mass is 16.6. The highest BCUT2D eigenvalue weighted by Crippen LogP contribution is 2.32. The number of hydrogen-bond acceptors (Lipinski definition) is 3. The summed E-state index contributed by atoms with van der Waals surface area (Å²) in [6.45, 7) is 3.74. The molecule has 0 spiro atoms. The molecule has 0 aliphatic heterocycles. The van der Waals surface area contributed by atoms with Crippen molar-refractivity contribution in [2.24, 2.45) is 0 Å². The summed E-state index contributed by atoms with van der Waals surface area (Å²) >= 11 is 0. The average Bonchev–Trinajstić information content (AvgIpc) is 2.27. The number of terminal acetylenes is 1. The van der Waals surface area contributed by atoms with E-state index in [1.807, 2.05) is 13.8 Å². The van der Waals surface area contributed by atoms with Gasteiger partial charge in [-0.05, 0) is 25.5 Å². The highest BCUT2D eigenvalue weighted by molar-refractivity contribution is 5.51. The number of ether oxygens (including phenoxy) is 1. The molecule has 0 aliphatic carbocycles. The average molecular weight is 219 g/mol. The zero-order chi connectivity index (χ0) is 12.3. The standard InChI is InChI=1S/C12H13NO3/c1-5-12(2,3)9-6-7-10(13(14)15)11(8-9)16-4/h1,6-8H,2-4H3. The van der Waals surface area contributed by atoms with Gasteiger partial charge < -0.3 is 4.74 Å². The molecule has 4 nitrogen and oxygen atoms in total. The van der Waals surface area contributed by atoms with Crippen molar-refractivity contribution in [3.05, 3.63) is 33.9 Å². The number of rotatable bonds is 3. The van der Waals surface area contributed by atoms with Gasteiger partial charge in [-0.1, -0.05) is 12.0 Å². The SMILES string of the molecule is C#CC(C)(C)c1ccc([N+](=O)[O-])c(OC)c1. The van der Waals surface area contributed by atoms with E-state index in [9.17, 15) is 10.1 Å². The molecule has 16 heavy (non-hydrogen) atoms. The predicted octanol–water partition coefficient (Wildman–Crippen LogP) is 2.51. The summed E-state index contributed by atoms with van der Waals surface area (Å²) in [5.74, 6) is 2.86. The zero-order valence-corrected chi connectivity index (χ0v) is 9.48. The summed E-state index contributed by atoms with van der Waals surface area (Å²) in [7, 11) is 1.40. The van der Waals surface area contributed by atoms with Crippen LogP contribution in [-0.2, 0) is 5.41 Å². The Balaban J connectivity index is 3.31. The summed E-state index contributed by atoms with van der Waals surface area (Å²) in [4.78, 5) is 10.2. The van der Waals surface area contributed by atoms with Crippen LogP contribution in [0.25, 0.3) is 0 Å². The highest BCUT2D eigenvalue weighted by Gasteiger charge is 2.22. The maximum atomic E-state index is 10.7. The van der Waals surface area contributed by atoms with E-state index in [0.717, 1.165) is 5.56 Å². The molecule has 1 aromatic carbocycles. The summed E-state index contributed by atoms with van der Waals surface area (Å²) < 4.78 is 4.98. The normalized spacial score (nSPS) is 10.6. The van der Waals surface area contributed by atoms with Gasteiger partial charge in [0.05, 0.1) is 17.4 Å². The fraction of sp³-hybridized carbons (Fsp3) is 0.333. The molecule has 0 N–H and O–H groups in total. The second-order valence-corrected chi connectivity index (χ2v) is 3.91. The van der Waals surface area contributed by atoms with Crippen LogP contribution in [0, 0.1) is 22.5 Å². The van der Waals surface area contributed by atoms with Crippen LogP contribution in [0.1, 0.15) is 19.4 Å². The van der Waals surface area contributed by atoms with Crippen molar-refractivity contribution in [2.45, 2.75) is 19.3 Å². The van der Waals surface area contributed by atoms with Crippen molar-refractivity contribution in [1.82, 2.24) is 0 Å². The molecule has 4 heteroatoms. The van der Waals surface area contributed by atoms with Crippen LogP contribution in [0.5, 0.6) is 5.75 Å². The third-order valence-corrected chi connectivity index (χ3v) is 2.46. The molecule has 1 aromatic rings. The minimum absolute atomic E-state index is 0.0564. The van der Waals surface area contributed by atoms with Gasteiger partial charge in [-0.15, -0.1) is 6.42 Å². The Bertz CT molecular complexity index is 458. The fourth-order valence-electron chi connectivity index (χ4n) is 1.30. The Morgan fingerprint density at radius 2 is 2.12 bits per heavy atom. The van der Waals surface area contributed by atoms with Crippen LogP contribution < -0.4 is 4.74 Å². The zero-order valence-electron chi connectivity index (χ0n) is 9.48. The Kier molecular flexibility index (Phi) is 3.19. The maximum Gasteiger partial charge on any atom is 0.310 e. The predicted molar refractivity (Wildman–Crippen MR) is 61.5 cm³/mol. The third-order valence-electron chi connectivity index (χ3n) is 2.46. The fourth-order valence-corrected chi connectivity index (χ4v) is 1.30. The number of hydrogen-bond donors (Lipinski definition) is 0. The van der Waals surface area contributed by atoms with Gasteiger partial charge in [-0.2, -0.15) is 0 Å². The second-order valence-electron chi connectivity index (χ2n) is 3.91. The maximum absolute atomic E-state index is 10.7. The van der Waals surface area contributed by atoms with Gasteiger partial charge in [-0.3, -0.25) is 10.1 Å². The van der Waals surface area contributed by atoms with Gasteiger partial charge >= 0.3 is 5.69 Å². The first-order valence-electron chi connectivity index (χ1n) is 4.73. The Morgan fingerprint density at radius 1 is 1.50 bits per heavy atom. The van der Waals surface area contributed by atoms with Gasteiger partial charge in [0, 0.05) is 6.07 Å². The van der Waals surface area contributed by atoms with E-state index in [-0.39, 0.29) is 11.4 Å². The molecule has 0 heterocycles. The molecule has 0 aliphatic rings. The molecule has 0 amide bonds. The van der Waals surface area contributed by atoms with E-state index in [2.05, 4.69) is 5.92 Å². The van der Waals surface area contributed by atoms with Crippen LogP contribution in [0.15, 0.2) is 18.2 Å². The van der Waals surface area contributed by atoms with Crippen molar-refractivity contribution in [3.63, 3.8) is 0 Å². The summed E-state index contributed by atoms with van der Waals surface area (Å²) in [5, 5.41) is 10.7. The van der Waals surface area contributed by atoms with Crippen molar-refractivity contribution < 1.29 is 9.66 Å². The Hall–Kier alpha value is -2.02. The molecular weight excluding hydrogens is 206 g/mol. The Morgan fingerprint density at radius 3 is 2.56 bits per heavy atom. The quantitative estimate of drug-likeness (QED) is 0.446. The smallest absolute Gasteiger partial charge is 0.310 e. The van der Waals surface area contributed by atoms with Crippen LogP contribution >= 0.6 is 0 Å². The van der Waals surface area contributed by atoms with Crippen molar-refractivity contribution in [1.29, 1.82) is 0 Å². The molecular formula is C12H13NO3. The molecule has 0 bridgehead atoms. The van der Waals surface area contributed by atoms with Gasteiger partial charge in [0.15, 0.2) is 5.75 Å². The topological polar surface area (TPSA) is 52.4 Å². The van der Waals surface area contributed by atoms with E-state index >= 15 is 0 Å². The number of nitro benzene ring substituents is 1. The van der Waals surface area contributed by atoms with E-state index < -0.39 is 10.3 Å². The van der Waals surface area contributed by atoms with E-state index in [4.69, 9.17) is 11.2 Å². The van der Waals surface area contributed by atoms with Crippen LogP contribution in [0.4, 0.5) is 5.69 Å². The van der Waals surface area contributed by atoms with E-state index in [1.54, 1.807) is 12.1 Å². The summed E-state index contributed by atoms with van der Waals surface area (Å²) in [6.07, 6.45) is 5.40. The van der Waals surface area contributed by atoms with Crippen molar-refractivity contribution in [3.8, 4) is 18.1 Å². The van der Waals surface area contributed by atoms with Gasteiger partial charge in [0.25, 0.3) is 0 Å². The number of methoxy groups -OCH3 is 1. The van der Waals surface area contributed by atoms with Crippen LogP contribution in [0.3, 0.4) is 0 Å². The minimum Gasteiger partial charge on any atom is -0.490 e. The summed E-state index contributed by atoms with van der Waals surface area (Å²) in [5.41, 5.74) is 0.291. The lowest BCUT2D eigenvalue weighted by atomic mass is 9.85. The van der Waals surface area contributed by atoms with Gasteiger partial charge in [0.1, 0.15) is 0 Å². The Labute approximate surface area is 94.4 Å². The lowest BCUT2D eigenvalue weighted by Gasteiger charge is -2.18. The van der Waals surface area contributed by atoms with E-state index in [1.165, 1.54) is 13.2 Å². The third kappa shape index (κ3) is 2.14. The van der Waals surface area contributed by atoms with Crippen LogP contribution in [0.2, 0.25) is 0 Å². The molecule has 0 fully saturated rings. The largest absolute Gasteiger partial charge is 0.490 e.